The van der Waals surface area contributed by atoms with E-state index in [1.807, 2.05) is 19.1 Å². The molecular formula is C18H21N3O4S. The van der Waals surface area contributed by atoms with Gasteiger partial charge in [0.05, 0.1) is 5.69 Å². The fourth-order valence-corrected chi connectivity index (χ4v) is 2.79. The number of aryl methyl sites for hydroxylation is 1. The second-order valence-corrected chi connectivity index (χ2v) is 7.44. The van der Waals surface area contributed by atoms with E-state index >= 15 is 0 Å². The molecule has 0 aliphatic carbocycles. The van der Waals surface area contributed by atoms with Crippen molar-refractivity contribution < 1.29 is 19.1 Å². The summed E-state index contributed by atoms with van der Waals surface area (Å²) < 4.78 is 8.61. The average molecular weight is 375 g/mol. The highest BCUT2D eigenvalue weighted by Gasteiger charge is 2.19. The van der Waals surface area contributed by atoms with E-state index in [0.717, 1.165) is 17.1 Å². The molecule has 2 aromatic rings. The Labute approximate surface area is 155 Å². The van der Waals surface area contributed by atoms with Crippen molar-refractivity contribution >= 4 is 29.3 Å². The fourth-order valence-electron chi connectivity index (χ4n) is 2.15. The first kappa shape index (κ1) is 19.7. The van der Waals surface area contributed by atoms with Crippen LogP contribution >= 0.6 is 11.5 Å². The summed E-state index contributed by atoms with van der Waals surface area (Å²) in [5.41, 5.74) is 1.94. The van der Waals surface area contributed by atoms with E-state index in [-0.39, 0.29) is 10.3 Å². The summed E-state index contributed by atoms with van der Waals surface area (Å²) >= 11 is 0.914. The van der Waals surface area contributed by atoms with Crippen LogP contribution in [0.15, 0.2) is 24.3 Å². The number of aromatic nitrogens is 2. The van der Waals surface area contributed by atoms with Crippen LogP contribution in [0.4, 0.5) is 0 Å². The Morgan fingerprint density at radius 1 is 1.15 bits per heavy atom. The number of benzene rings is 1. The normalized spacial score (nSPS) is 11.1. The van der Waals surface area contributed by atoms with Gasteiger partial charge < -0.3 is 4.74 Å². The highest BCUT2D eigenvalue weighted by molar-refractivity contribution is 7.07. The Morgan fingerprint density at radius 2 is 1.81 bits per heavy atom. The lowest BCUT2D eigenvalue weighted by molar-refractivity contribution is -0.123. The number of rotatable bonds is 5. The molecule has 0 bridgehead atoms. The molecule has 26 heavy (non-hydrogen) atoms. The third-order valence-corrected chi connectivity index (χ3v) is 4.42. The molecule has 8 heteroatoms. The van der Waals surface area contributed by atoms with Gasteiger partial charge in [-0.1, -0.05) is 44.3 Å². The van der Waals surface area contributed by atoms with Gasteiger partial charge in [0, 0.05) is 5.56 Å². The van der Waals surface area contributed by atoms with Gasteiger partial charge in [0.2, 0.25) is 0 Å². The van der Waals surface area contributed by atoms with Crippen LogP contribution in [0.1, 0.15) is 59.0 Å². The van der Waals surface area contributed by atoms with E-state index in [1.54, 1.807) is 12.1 Å². The molecule has 138 valence electrons. The van der Waals surface area contributed by atoms with Gasteiger partial charge in [-0.25, -0.2) is 4.79 Å². The van der Waals surface area contributed by atoms with Crippen LogP contribution in [0.25, 0.3) is 0 Å². The van der Waals surface area contributed by atoms with Crippen molar-refractivity contribution in [1.29, 1.82) is 0 Å². The molecule has 0 saturated carbocycles. The molecule has 0 saturated heterocycles. The second-order valence-electron chi connectivity index (χ2n) is 6.68. The van der Waals surface area contributed by atoms with Crippen molar-refractivity contribution in [3.05, 3.63) is 46.0 Å². The third kappa shape index (κ3) is 4.95. The van der Waals surface area contributed by atoms with Crippen LogP contribution in [0.5, 0.6) is 0 Å². The first-order chi connectivity index (χ1) is 12.2. The number of esters is 1. The molecule has 1 aromatic heterocycles. The van der Waals surface area contributed by atoms with Gasteiger partial charge in [-0.2, -0.15) is 0 Å². The topological polar surface area (TPSA) is 98.2 Å². The quantitative estimate of drug-likeness (QED) is 0.807. The smallest absolute Gasteiger partial charge is 0.352 e. The van der Waals surface area contributed by atoms with Crippen molar-refractivity contribution in [2.45, 2.75) is 39.5 Å². The number of nitrogens with one attached hydrogen (secondary N) is 1. The Hall–Kier alpha value is -2.61. The maximum absolute atomic E-state index is 12.1. The minimum absolute atomic E-state index is 0.0259. The molecule has 0 atom stereocenters. The number of carbonyl (C=O) groups is 3. The number of amides is 2. The van der Waals surface area contributed by atoms with Crippen molar-refractivity contribution in [1.82, 2.24) is 14.9 Å². The predicted octanol–water partition coefficient (Wildman–Crippen LogP) is 2.51. The molecule has 2 rings (SSSR count). The molecule has 1 N–H and O–H groups in total. The third-order valence-electron chi connectivity index (χ3n) is 3.68. The summed E-state index contributed by atoms with van der Waals surface area (Å²) in [6, 6.07) is 7.02. The Balaban J connectivity index is 1.89. The molecule has 2 amide bonds. The van der Waals surface area contributed by atoms with E-state index in [9.17, 15) is 14.4 Å². The lowest BCUT2D eigenvalue weighted by atomic mass is 9.87. The molecule has 0 radical (unpaired) electrons. The minimum atomic E-state index is -0.696. The van der Waals surface area contributed by atoms with E-state index in [1.165, 1.54) is 0 Å². The van der Waals surface area contributed by atoms with Crippen molar-refractivity contribution in [2.24, 2.45) is 0 Å². The van der Waals surface area contributed by atoms with Gasteiger partial charge in [-0.15, -0.1) is 5.10 Å². The minimum Gasteiger partial charge on any atom is -0.451 e. The molecule has 1 aromatic carbocycles. The van der Waals surface area contributed by atoms with Crippen LogP contribution < -0.4 is 5.32 Å². The summed E-state index contributed by atoms with van der Waals surface area (Å²) in [6.45, 7) is 7.50. The van der Waals surface area contributed by atoms with E-state index in [4.69, 9.17) is 4.74 Å². The molecule has 0 fully saturated rings. The molecule has 0 aliphatic heterocycles. The van der Waals surface area contributed by atoms with Gasteiger partial charge >= 0.3 is 5.97 Å². The Kier molecular flexibility index (Phi) is 6.20. The van der Waals surface area contributed by atoms with Crippen molar-refractivity contribution in [3.8, 4) is 0 Å². The number of carbonyl (C=O) groups excluding carboxylic acids is 3. The van der Waals surface area contributed by atoms with E-state index in [0.29, 0.717) is 17.7 Å². The van der Waals surface area contributed by atoms with Gasteiger partial charge in [-0.05, 0) is 41.1 Å². The number of hydrogen-bond donors (Lipinski definition) is 1. The standard InChI is InChI=1S/C18H21N3O4S/c1-5-13-15(26-21-20-13)17(24)25-10-14(22)19-16(23)11-6-8-12(9-7-11)18(2,3)4/h6-9H,5,10H2,1-4H3,(H,19,22,23). The van der Waals surface area contributed by atoms with Gasteiger partial charge in [0.25, 0.3) is 11.8 Å². The maximum atomic E-state index is 12.1. The fraction of sp³-hybridized carbons (Fsp3) is 0.389. The zero-order chi connectivity index (χ0) is 19.3. The van der Waals surface area contributed by atoms with Gasteiger partial charge in [0.1, 0.15) is 0 Å². The average Bonchev–Trinajstić information content (AvgIpc) is 3.07. The molecule has 0 unspecified atom stereocenters. The lowest BCUT2D eigenvalue weighted by Crippen LogP contribution is -2.34. The van der Waals surface area contributed by atoms with Gasteiger partial charge in [-0.3, -0.25) is 14.9 Å². The molecular weight excluding hydrogens is 354 g/mol. The lowest BCUT2D eigenvalue weighted by Gasteiger charge is -2.18. The molecule has 0 spiro atoms. The number of hydrogen-bond acceptors (Lipinski definition) is 7. The first-order valence-corrected chi connectivity index (χ1v) is 8.92. The van der Waals surface area contributed by atoms with Crippen LogP contribution in [-0.2, 0) is 21.4 Å². The monoisotopic (exact) mass is 375 g/mol. The first-order valence-electron chi connectivity index (χ1n) is 8.15. The summed E-state index contributed by atoms with van der Waals surface area (Å²) in [6.07, 6.45) is 0.538. The summed E-state index contributed by atoms with van der Waals surface area (Å²) in [5, 5.41) is 6.01. The molecule has 7 nitrogen and oxygen atoms in total. The Bertz CT molecular complexity index is 807. The zero-order valence-corrected chi connectivity index (χ0v) is 16.0. The second kappa shape index (κ2) is 8.18. The summed E-state index contributed by atoms with van der Waals surface area (Å²) in [5.74, 6) is -1.91. The number of nitrogens with zero attached hydrogens (tertiary/aromatic N) is 2. The Morgan fingerprint density at radius 3 is 2.38 bits per heavy atom. The largest absolute Gasteiger partial charge is 0.451 e. The zero-order valence-electron chi connectivity index (χ0n) is 15.2. The number of imide groups is 1. The molecule has 0 aliphatic rings. The van der Waals surface area contributed by atoms with E-state index in [2.05, 4.69) is 35.7 Å². The van der Waals surface area contributed by atoms with Crippen LogP contribution in [0, 0.1) is 0 Å². The van der Waals surface area contributed by atoms with E-state index < -0.39 is 24.4 Å². The SMILES string of the molecule is CCc1nnsc1C(=O)OCC(=O)NC(=O)c1ccc(C(C)(C)C)cc1. The van der Waals surface area contributed by atoms with Crippen molar-refractivity contribution in [3.63, 3.8) is 0 Å². The summed E-state index contributed by atoms with van der Waals surface area (Å²) in [7, 11) is 0. The summed E-state index contributed by atoms with van der Waals surface area (Å²) in [4.78, 5) is 36.1. The predicted molar refractivity (Wildman–Crippen MR) is 97.2 cm³/mol. The number of ether oxygens (including phenoxy) is 1. The van der Waals surface area contributed by atoms with Gasteiger partial charge in [0.15, 0.2) is 11.5 Å². The maximum Gasteiger partial charge on any atom is 0.352 e. The van der Waals surface area contributed by atoms with Crippen LogP contribution in [0.2, 0.25) is 0 Å². The van der Waals surface area contributed by atoms with Crippen LogP contribution in [-0.4, -0.2) is 34.0 Å². The highest BCUT2D eigenvalue weighted by atomic mass is 32.1. The van der Waals surface area contributed by atoms with Crippen molar-refractivity contribution in [2.75, 3.05) is 6.61 Å². The van der Waals surface area contributed by atoms with Crippen LogP contribution in [0.3, 0.4) is 0 Å². The highest BCUT2D eigenvalue weighted by Crippen LogP contribution is 2.22. The molecule has 1 heterocycles.